The number of halogens is 2. The van der Waals surface area contributed by atoms with Crippen molar-refractivity contribution in [2.75, 3.05) is 5.32 Å². The summed E-state index contributed by atoms with van der Waals surface area (Å²) in [6.07, 6.45) is 1.47. The standard InChI is InChI=1S/C13H13F2N3/c14-11-2-1-5-17-13(11)18-8-10-4-3-9(7-16)6-12(10)15/h1-6H,7-8,16H2,(H,17,18). The molecule has 5 heteroatoms. The van der Waals surface area contributed by atoms with Gasteiger partial charge in [-0.25, -0.2) is 13.8 Å². The van der Waals surface area contributed by atoms with Crippen molar-refractivity contribution in [1.29, 1.82) is 0 Å². The Labute approximate surface area is 104 Å². The van der Waals surface area contributed by atoms with Crippen LogP contribution < -0.4 is 11.1 Å². The number of hydrogen-bond donors (Lipinski definition) is 2. The molecule has 0 radical (unpaired) electrons. The average Bonchev–Trinajstić information content (AvgIpc) is 2.39. The highest BCUT2D eigenvalue weighted by molar-refractivity contribution is 5.37. The van der Waals surface area contributed by atoms with Crippen molar-refractivity contribution >= 4 is 5.82 Å². The Kier molecular flexibility index (Phi) is 3.84. The molecular weight excluding hydrogens is 236 g/mol. The van der Waals surface area contributed by atoms with Gasteiger partial charge in [-0.1, -0.05) is 12.1 Å². The number of hydrogen-bond acceptors (Lipinski definition) is 3. The van der Waals surface area contributed by atoms with Crippen molar-refractivity contribution in [3.8, 4) is 0 Å². The van der Waals surface area contributed by atoms with Gasteiger partial charge in [-0.15, -0.1) is 0 Å². The molecule has 1 aromatic heterocycles. The second kappa shape index (κ2) is 5.55. The molecule has 1 aromatic carbocycles. The first-order chi connectivity index (χ1) is 8.70. The monoisotopic (exact) mass is 249 g/mol. The minimum atomic E-state index is -0.462. The second-order valence-electron chi connectivity index (χ2n) is 3.82. The van der Waals surface area contributed by atoms with Crippen molar-refractivity contribution in [2.24, 2.45) is 5.73 Å². The quantitative estimate of drug-likeness (QED) is 0.875. The fourth-order valence-corrected chi connectivity index (χ4v) is 1.56. The summed E-state index contributed by atoms with van der Waals surface area (Å²) in [6, 6.07) is 7.55. The van der Waals surface area contributed by atoms with Crippen LogP contribution >= 0.6 is 0 Å². The lowest BCUT2D eigenvalue weighted by molar-refractivity contribution is 0.607. The largest absolute Gasteiger partial charge is 0.363 e. The van der Waals surface area contributed by atoms with E-state index in [1.165, 1.54) is 24.4 Å². The van der Waals surface area contributed by atoms with Crippen LogP contribution in [-0.4, -0.2) is 4.98 Å². The third-order valence-corrected chi connectivity index (χ3v) is 2.56. The lowest BCUT2D eigenvalue weighted by Gasteiger charge is -2.08. The highest BCUT2D eigenvalue weighted by Crippen LogP contribution is 2.14. The summed E-state index contributed by atoms with van der Waals surface area (Å²) in [5.41, 5.74) is 6.58. The number of anilines is 1. The van der Waals surface area contributed by atoms with Crippen LogP contribution in [-0.2, 0) is 13.1 Å². The molecule has 0 atom stereocenters. The van der Waals surface area contributed by atoms with Gasteiger partial charge in [0.25, 0.3) is 0 Å². The zero-order valence-electron chi connectivity index (χ0n) is 9.66. The summed E-state index contributed by atoms with van der Waals surface area (Å²) in [5.74, 6) is -0.710. The Balaban J connectivity index is 2.09. The van der Waals surface area contributed by atoms with E-state index in [1.54, 1.807) is 12.1 Å². The Bertz CT molecular complexity index is 544. The van der Waals surface area contributed by atoms with Crippen molar-refractivity contribution in [3.63, 3.8) is 0 Å². The van der Waals surface area contributed by atoms with Crippen LogP contribution in [0.5, 0.6) is 0 Å². The molecule has 0 unspecified atom stereocenters. The van der Waals surface area contributed by atoms with Crippen molar-refractivity contribution in [3.05, 3.63) is 59.3 Å². The van der Waals surface area contributed by atoms with Gasteiger partial charge in [-0.2, -0.15) is 0 Å². The highest BCUT2D eigenvalue weighted by Gasteiger charge is 2.05. The number of rotatable bonds is 4. The first kappa shape index (κ1) is 12.4. The molecule has 0 amide bonds. The first-order valence-corrected chi connectivity index (χ1v) is 5.52. The van der Waals surface area contributed by atoms with E-state index >= 15 is 0 Å². The van der Waals surface area contributed by atoms with Crippen molar-refractivity contribution < 1.29 is 8.78 Å². The smallest absolute Gasteiger partial charge is 0.165 e. The lowest BCUT2D eigenvalue weighted by atomic mass is 10.1. The molecule has 18 heavy (non-hydrogen) atoms. The molecule has 94 valence electrons. The van der Waals surface area contributed by atoms with Crippen LogP contribution in [0.3, 0.4) is 0 Å². The number of aromatic nitrogens is 1. The van der Waals surface area contributed by atoms with E-state index in [0.29, 0.717) is 12.1 Å². The van der Waals surface area contributed by atoms with E-state index in [4.69, 9.17) is 5.73 Å². The van der Waals surface area contributed by atoms with Crippen LogP contribution in [0.25, 0.3) is 0 Å². The number of nitrogens with zero attached hydrogens (tertiary/aromatic N) is 1. The SMILES string of the molecule is NCc1ccc(CNc2ncccc2F)c(F)c1. The Morgan fingerprint density at radius 3 is 2.67 bits per heavy atom. The van der Waals surface area contributed by atoms with Gasteiger partial charge in [0.2, 0.25) is 0 Å². The number of pyridine rings is 1. The Hall–Kier alpha value is -2.01. The fourth-order valence-electron chi connectivity index (χ4n) is 1.56. The van der Waals surface area contributed by atoms with Gasteiger partial charge in [0, 0.05) is 24.8 Å². The van der Waals surface area contributed by atoms with Gasteiger partial charge in [0.05, 0.1) is 0 Å². The molecule has 3 N–H and O–H groups in total. The molecule has 1 heterocycles. The number of nitrogens with two attached hydrogens (primary N) is 1. The maximum absolute atomic E-state index is 13.6. The molecule has 0 aliphatic rings. The molecule has 0 aliphatic heterocycles. The van der Waals surface area contributed by atoms with E-state index in [9.17, 15) is 8.78 Å². The zero-order valence-corrected chi connectivity index (χ0v) is 9.66. The summed E-state index contributed by atoms with van der Waals surface area (Å²) >= 11 is 0. The molecule has 0 aliphatic carbocycles. The van der Waals surface area contributed by atoms with Crippen molar-refractivity contribution in [1.82, 2.24) is 4.98 Å². The van der Waals surface area contributed by atoms with E-state index < -0.39 is 5.82 Å². The summed E-state index contributed by atoms with van der Waals surface area (Å²) in [4.78, 5) is 3.83. The Morgan fingerprint density at radius 1 is 1.17 bits per heavy atom. The minimum Gasteiger partial charge on any atom is -0.363 e. The second-order valence-corrected chi connectivity index (χ2v) is 3.82. The summed E-state index contributed by atoms with van der Waals surface area (Å²) in [5, 5.41) is 2.75. The maximum atomic E-state index is 13.6. The normalized spacial score (nSPS) is 10.4. The number of nitrogens with one attached hydrogen (secondary N) is 1. The third-order valence-electron chi connectivity index (χ3n) is 2.56. The van der Waals surface area contributed by atoms with E-state index in [0.717, 1.165) is 5.56 Å². The molecule has 3 nitrogen and oxygen atoms in total. The average molecular weight is 249 g/mol. The molecule has 0 fully saturated rings. The van der Waals surface area contributed by atoms with Gasteiger partial charge in [0.1, 0.15) is 5.82 Å². The fraction of sp³-hybridized carbons (Fsp3) is 0.154. The highest BCUT2D eigenvalue weighted by atomic mass is 19.1. The molecule has 0 spiro atoms. The van der Waals surface area contributed by atoms with Gasteiger partial charge in [0.15, 0.2) is 11.6 Å². The van der Waals surface area contributed by atoms with E-state index in [-0.39, 0.29) is 18.2 Å². The predicted molar refractivity (Wildman–Crippen MR) is 65.8 cm³/mol. The van der Waals surface area contributed by atoms with Gasteiger partial charge in [-0.3, -0.25) is 0 Å². The van der Waals surface area contributed by atoms with E-state index in [1.807, 2.05) is 0 Å². The summed E-state index contributed by atoms with van der Waals surface area (Å²) in [7, 11) is 0. The summed E-state index contributed by atoms with van der Waals surface area (Å²) in [6.45, 7) is 0.462. The molecule has 0 saturated heterocycles. The van der Waals surface area contributed by atoms with Crippen LogP contribution in [0.15, 0.2) is 36.5 Å². The zero-order chi connectivity index (χ0) is 13.0. The van der Waals surface area contributed by atoms with Gasteiger partial charge in [-0.05, 0) is 23.8 Å². The lowest BCUT2D eigenvalue weighted by Crippen LogP contribution is -2.06. The van der Waals surface area contributed by atoms with Crippen molar-refractivity contribution in [2.45, 2.75) is 13.1 Å². The minimum absolute atomic E-state index is 0.111. The topological polar surface area (TPSA) is 50.9 Å². The first-order valence-electron chi connectivity index (χ1n) is 5.52. The molecular formula is C13H13F2N3. The van der Waals surface area contributed by atoms with Gasteiger partial charge < -0.3 is 11.1 Å². The van der Waals surface area contributed by atoms with Crippen LogP contribution in [0.2, 0.25) is 0 Å². The molecule has 2 aromatic rings. The van der Waals surface area contributed by atoms with E-state index in [2.05, 4.69) is 10.3 Å². The molecule has 0 saturated carbocycles. The van der Waals surface area contributed by atoms with Crippen LogP contribution in [0, 0.1) is 11.6 Å². The predicted octanol–water partition coefficient (Wildman–Crippen LogP) is 2.43. The van der Waals surface area contributed by atoms with Crippen LogP contribution in [0.4, 0.5) is 14.6 Å². The van der Waals surface area contributed by atoms with Gasteiger partial charge >= 0.3 is 0 Å². The Morgan fingerprint density at radius 2 is 2.00 bits per heavy atom. The molecule has 0 bridgehead atoms. The third kappa shape index (κ3) is 2.81. The maximum Gasteiger partial charge on any atom is 0.165 e. The molecule has 2 rings (SSSR count). The number of benzene rings is 1. The summed E-state index contributed by atoms with van der Waals surface area (Å²) < 4.78 is 26.9. The van der Waals surface area contributed by atoms with Crippen LogP contribution in [0.1, 0.15) is 11.1 Å².